The van der Waals surface area contributed by atoms with Gasteiger partial charge in [-0.2, -0.15) is 0 Å². The highest BCUT2D eigenvalue weighted by Gasteiger charge is 2.23. The predicted molar refractivity (Wildman–Crippen MR) is 152 cm³/mol. The molecule has 2 aromatic carbocycles. The molecule has 7 nitrogen and oxygen atoms in total. The van der Waals surface area contributed by atoms with Crippen LogP contribution in [0.5, 0.6) is 0 Å². The van der Waals surface area contributed by atoms with E-state index < -0.39 is 0 Å². The van der Waals surface area contributed by atoms with Gasteiger partial charge < -0.3 is 20.1 Å². The van der Waals surface area contributed by atoms with Crippen LogP contribution in [-0.2, 0) is 4.79 Å². The SMILES string of the molecule is Cc1onc(-c2ccccc2Cl)c1C(=O)NCCCCN1CCC(c2cccc(NC(=O)C(C)C)c2)CC1. The van der Waals surface area contributed by atoms with Gasteiger partial charge in [0.15, 0.2) is 0 Å². The Hall–Kier alpha value is -3.16. The molecule has 0 unspecified atom stereocenters. The van der Waals surface area contributed by atoms with E-state index >= 15 is 0 Å². The third-order valence-electron chi connectivity index (χ3n) is 7.14. The number of nitrogens with zero attached hydrogens (tertiary/aromatic N) is 2. The zero-order chi connectivity index (χ0) is 27.1. The van der Waals surface area contributed by atoms with Crippen LogP contribution < -0.4 is 10.6 Å². The van der Waals surface area contributed by atoms with Gasteiger partial charge in [0.2, 0.25) is 5.91 Å². The minimum Gasteiger partial charge on any atom is -0.360 e. The van der Waals surface area contributed by atoms with Crippen LogP contribution in [0.2, 0.25) is 5.02 Å². The maximum atomic E-state index is 12.9. The Morgan fingerprint density at radius 3 is 2.61 bits per heavy atom. The second-order valence-electron chi connectivity index (χ2n) is 10.3. The fourth-order valence-corrected chi connectivity index (χ4v) is 5.10. The average Bonchev–Trinajstić information content (AvgIpc) is 3.30. The molecule has 3 aromatic rings. The van der Waals surface area contributed by atoms with E-state index in [1.807, 2.05) is 44.2 Å². The Morgan fingerprint density at radius 1 is 1.11 bits per heavy atom. The molecule has 0 saturated carbocycles. The lowest BCUT2D eigenvalue weighted by atomic mass is 9.89. The summed E-state index contributed by atoms with van der Waals surface area (Å²) in [6.45, 7) is 9.27. The van der Waals surface area contributed by atoms with Crippen molar-refractivity contribution in [3.05, 3.63) is 70.4 Å². The zero-order valence-electron chi connectivity index (χ0n) is 22.4. The van der Waals surface area contributed by atoms with Crippen LogP contribution in [0.3, 0.4) is 0 Å². The van der Waals surface area contributed by atoms with Gasteiger partial charge in [-0.25, -0.2) is 0 Å². The number of amides is 2. The maximum Gasteiger partial charge on any atom is 0.257 e. The Kier molecular flexibility index (Phi) is 9.58. The molecule has 2 amide bonds. The molecule has 38 heavy (non-hydrogen) atoms. The normalized spacial score (nSPS) is 14.6. The van der Waals surface area contributed by atoms with Crippen LogP contribution in [0.4, 0.5) is 5.69 Å². The molecule has 0 radical (unpaired) electrons. The van der Waals surface area contributed by atoms with E-state index in [2.05, 4.69) is 32.8 Å². The topological polar surface area (TPSA) is 87.5 Å². The van der Waals surface area contributed by atoms with Crippen LogP contribution >= 0.6 is 11.6 Å². The van der Waals surface area contributed by atoms with Gasteiger partial charge in [0.25, 0.3) is 5.91 Å². The van der Waals surface area contributed by atoms with Gasteiger partial charge in [-0.3, -0.25) is 9.59 Å². The van der Waals surface area contributed by atoms with Gasteiger partial charge >= 0.3 is 0 Å². The van der Waals surface area contributed by atoms with Crippen molar-refractivity contribution in [1.82, 2.24) is 15.4 Å². The molecule has 0 atom stereocenters. The highest BCUT2D eigenvalue weighted by atomic mass is 35.5. The minimum atomic E-state index is -0.189. The monoisotopic (exact) mass is 536 g/mol. The number of piperidine rings is 1. The molecule has 1 aromatic heterocycles. The Bertz CT molecular complexity index is 1250. The average molecular weight is 537 g/mol. The first-order valence-corrected chi connectivity index (χ1v) is 13.8. The molecule has 202 valence electrons. The molecule has 1 saturated heterocycles. The van der Waals surface area contributed by atoms with Crippen molar-refractivity contribution < 1.29 is 14.1 Å². The van der Waals surface area contributed by atoms with Crippen molar-refractivity contribution in [3.63, 3.8) is 0 Å². The van der Waals surface area contributed by atoms with E-state index in [4.69, 9.17) is 16.1 Å². The van der Waals surface area contributed by atoms with Crippen LogP contribution in [-0.4, -0.2) is 48.0 Å². The van der Waals surface area contributed by atoms with Gasteiger partial charge in [0, 0.05) is 23.7 Å². The summed E-state index contributed by atoms with van der Waals surface area (Å²) in [4.78, 5) is 27.4. The first kappa shape index (κ1) is 27.9. The van der Waals surface area contributed by atoms with Gasteiger partial charge in [-0.1, -0.05) is 60.9 Å². The van der Waals surface area contributed by atoms with Gasteiger partial charge in [0.05, 0.1) is 5.02 Å². The number of likely N-dealkylation sites (tertiary alicyclic amines) is 1. The molecular formula is C30H37ClN4O3. The van der Waals surface area contributed by atoms with Crippen molar-refractivity contribution in [2.75, 3.05) is 31.5 Å². The molecule has 0 spiro atoms. The number of unbranched alkanes of at least 4 members (excludes halogenated alkanes) is 1. The summed E-state index contributed by atoms with van der Waals surface area (Å²) in [5, 5.41) is 10.6. The molecule has 0 bridgehead atoms. The Morgan fingerprint density at radius 2 is 1.87 bits per heavy atom. The largest absolute Gasteiger partial charge is 0.360 e. The van der Waals surface area contributed by atoms with Crippen molar-refractivity contribution in [2.45, 2.75) is 52.4 Å². The molecule has 0 aliphatic carbocycles. The molecule has 4 rings (SSSR count). The van der Waals surface area contributed by atoms with Crippen LogP contribution in [0.15, 0.2) is 53.1 Å². The van der Waals surface area contributed by atoms with Gasteiger partial charge in [-0.15, -0.1) is 0 Å². The van der Waals surface area contributed by atoms with E-state index in [1.54, 1.807) is 13.0 Å². The number of hydrogen-bond acceptors (Lipinski definition) is 5. The van der Waals surface area contributed by atoms with E-state index in [0.717, 1.165) is 51.0 Å². The number of anilines is 1. The van der Waals surface area contributed by atoms with E-state index in [-0.39, 0.29) is 17.7 Å². The number of rotatable bonds is 10. The zero-order valence-corrected chi connectivity index (χ0v) is 23.2. The summed E-state index contributed by atoms with van der Waals surface area (Å²) in [7, 11) is 0. The van der Waals surface area contributed by atoms with Gasteiger partial charge in [0.1, 0.15) is 17.0 Å². The molecule has 1 fully saturated rings. The molecular weight excluding hydrogens is 500 g/mol. The summed E-state index contributed by atoms with van der Waals surface area (Å²) in [6, 6.07) is 15.6. The van der Waals surface area contributed by atoms with Crippen molar-refractivity contribution in [1.29, 1.82) is 0 Å². The smallest absolute Gasteiger partial charge is 0.257 e. The van der Waals surface area contributed by atoms with E-state index in [0.29, 0.717) is 40.1 Å². The number of benzene rings is 2. The minimum absolute atomic E-state index is 0.0344. The summed E-state index contributed by atoms with van der Waals surface area (Å²) in [5.41, 5.74) is 3.78. The third-order valence-corrected chi connectivity index (χ3v) is 7.47. The summed E-state index contributed by atoms with van der Waals surface area (Å²) < 4.78 is 5.31. The number of aryl methyl sites for hydroxylation is 1. The quantitative estimate of drug-likeness (QED) is 0.297. The summed E-state index contributed by atoms with van der Waals surface area (Å²) in [6.07, 6.45) is 4.13. The maximum absolute atomic E-state index is 12.9. The molecule has 1 aliphatic rings. The number of nitrogens with one attached hydrogen (secondary N) is 2. The molecule has 8 heteroatoms. The lowest BCUT2D eigenvalue weighted by Gasteiger charge is -2.32. The number of aromatic nitrogens is 1. The van der Waals surface area contributed by atoms with Crippen molar-refractivity contribution >= 4 is 29.1 Å². The number of carbonyl (C=O) groups is 2. The molecule has 1 aliphatic heterocycles. The van der Waals surface area contributed by atoms with Crippen LogP contribution in [0.25, 0.3) is 11.3 Å². The van der Waals surface area contributed by atoms with Crippen molar-refractivity contribution in [3.8, 4) is 11.3 Å². The lowest BCUT2D eigenvalue weighted by molar-refractivity contribution is -0.118. The first-order chi connectivity index (χ1) is 18.3. The first-order valence-electron chi connectivity index (χ1n) is 13.5. The van der Waals surface area contributed by atoms with E-state index in [9.17, 15) is 9.59 Å². The Balaban J connectivity index is 1.19. The number of hydrogen-bond donors (Lipinski definition) is 2. The fourth-order valence-electron chi connectivity index (χ4n) is 4.87. The highest BCUT2D eigenvalue weighted by molar-refractivity contribution is 6.33. The summed E-state index contributed by atoms with van der Waals surface area (Å²) >= 11 is 6.31. The molecule has 2 N–H and O–H groups in total. The standard InChI is InChI=1S/C30H37ClN4O3/c1-20(2)29(36)33-24-10-8-9-23(19-24)22-13-17-35(18-14-22)16-7-6-15-32-30(37)27-21(3)38-34-28(27)25-11-4-5-12-26(25)31/h4-5,8-12,19-20,22H,6-7,13-18H2,1-3H3,(H,32,37)(H,33,36). The van der Waals surface area contributed by atoms with Crippen LogP contribution in [0, 0.1) is 12.8 Å². The fraction of sp³-hybridized carbons (Fsp3) is 0.433. The van der Waals surface area contributed by atoms with Gasteiger partial charge in [-0.05, 0) is 81.9 Å². The van der Waals surface area contributed by atoms with Crippen LogP contribution in [0.1, 0.15) is 67.1 Å². The number of carbonyl (C=O) groups excluding carboxylic acids is 2. The Labute approximate surface area is 229 Å². The predicted octanol–water partition coefficient (Wildman–Crippen LogP) is 6.29. The van der Waals surface area contributed by atoms with Crippen molar-refractivity contribution in [2.24, 2.45) is 5.92 Å². The highest BCUT2D eigenvalue weighted by Crippen LogP contribution is 2.31. The molecule has 2 heterocycles. The second-order valence-corrected chi connectivity index (χ2v) is 10.7. The summed E-state index contributed by atoms with van der Waals surface area (Å²) in [5.74, 6) is 0.818. The third kappa shape index (κ3) is 7.03. The lowest BCUT2D eigenvalue weighted by Crippen LogP contribution is -2.34. The number of halogens is 1. The van der Waals surface area contributed by atoms with E-state index in [1.165, 1.54) is 5.56 Å². The second kappa shape index (κ2) is 13.1.